The lowest BCUT2D eigenvalue weighted by Gasteiger charge is -2.51. The van der Waals surface area contributed by atoms with Crippen molar-refractivity contribution in [3.63, 3.8) is 0 Å². The molecule has 3 aliphatic carbocycles. The summed E-state index contributed by atoms with van der Waals surface area (Å²) >= 11 is 0. The highest BCUT2D eigenvalue weighted by molar-refractivity contribution is 5.88. The Kier molecular flexibility index (Phi) is 4.08. The number of carbonyl (C=O) groups is 1. The van der Waals surface area contributed by atoms with E-state index in [1.807, 2.05) is 12.3 Å². The molecule has 0 saturated heterocycles. The topological polar surface area (TPSA) is 50.2 Å². The molecule has 0 spiro atoms. The van der Waals surface area contributed by atoms with Gasteiger partial charge in [0.2, 0.25) is 0 Å². The van der Waals surface area contributed by atoms with E-state index in [1.165, 1.54) is 23.7 Å². The van der Waals surface area contributed by atoms with Crippen molar-refractivity contribution in [2.24, 2.45) is 17.3 Å². The lowest BCUT2D eigenvalue weighted by atomic mass is 9.53. The van der Waals surface area contributed by atoms with Crippen LogP contribution in [0, 0.1) is 23.1 Å². The van der Waals surface area contributed by atoms with Crippen molar-refractivity contribution in [3.8, 4) is 0 Å². The van der Waals surface area contributed by atoms with Crippen molar-refractivity contribution in [2.75, 3.05) is 0 Å². The largest absolute Gasteiger partial charge is 0.478 e. The van der Waals surface area contributed by atoms with Crippen molar-refractivity contribution in [1.29, 1.82) is 0 Å². The summed E-state index contributed by atoms with van der Waals surface area (Å²) in [5.41, 5.74) is 4.27. The van der Waals surface area contributed by atoms with Gasteiger partial charge < -0.3 is 5.11 Å². The van der Waals surface area contributed by atoms with Gasteiger partial charge in [-0.2, -0.15) is 0 Å². The fourth-order valence-corrected chi connectivity index (χ4v) is 6.88. The average Bonchev–Trinajstić information content (AvgIpc) is 3.04. The van der Waals surface area contributed by atoms with Crippen LogP contribution >= 0.6 is 0 Å². The Morgan fingerprint density at radius 2 is 2.04 bits per heavy atom. The van der Waals surface area contributed by atoms with E-state index in [0.717, 1.165) is 37.7 Å². The molecule has 3 nitrogen and oxygen atoms in total. The molecule has 2 aromatic rings. The van der Waals surface area contributed by atoms with Gasteiger partial charge in [-0.1, -0.05) is 13.0 Å². The molecule has 0 radical (unpaired) electrons. The van der Waals surface area contributed by atoms with E-state index >= 15 is 0 Å². The quantitative estimate of drug-likeness (QED) is 0.743. The number of benzene rings is 1. The van der Waals surface area contributed by atoms with E-state index in [4.69, 9.17) is 0 Å². The number of halogens is 1. The summed E-state index contributed by atoms with van der Waals surface area (Å²) < 4.78 is 13.8. The minimum absolute atomic E-state index is 0.204. The van der Waals surface area contributed by atoms with Crippen LogP contribution in [0.2, 0.25) is 0 Å². The summed E-state index contributed by atoms with van der Waals surface area (Å²) in [5, 5.41) is 9.30. The molecule has 1 aromatic carbocycles. The summed E-state index contributed by atoms with van der Waals surface area (Å²) in [6.07, 6.45) is 9.83. The molecule has 5 unspecified atom stereocenters. The van der Waals surface area contributed by atoms with Crippen LogP contribution in [-0.4, -0.2) is 16.1 Å². The zero-order valence-corrected chi connectivity index (χ0v) is 16.2. The summed E-state index contributed by atoms with van der Waals surface area (Å²) in [4.78, 5) is 15.4. The van der Waals surface area contributed by atoms with Gasteiger partial charge in [0.1, 0.15) is 5.82 Å². The van der Waals surface area contributed by atoms with Gasteiger partial charge in [-0.15, -0.1) is 0 Å². The maximum atomic E-state index is 13.8. The van der Waals surface area contributed by atoms with Gasteiger partial charge in [0.15, 0.2) is 0 Å². The second-order valence-electron chi connectivity index (χ2n) is 9.25. The molecule has 146 valence electrons. The van der Waals surface area contributed by atoms with Gasteiger partial charge in [0, 0.05) is 6.20 Å². The van der Waals surface area contributed by atoms with Crippen LogP contribution in [0.25, 0.3) is 0 Å². The Bertz CT molecular complexity index is 942. The molecular weight excluding hydrogens is 353 g/mol. The Morgan fingerprint density at radius 1 is 1.18 bits per heavy atom. The minimum Gasteiger partial charge on any atom is -0.478 e. The summed E-state index contributed by atoms with van der Waals surface area (Å²) in [6, 6.07) is 7.41. The number of carboxylic acid groups (broad SMARTS) is 1. The predicted molar refractivity (Wildman–Crippen MR) is 105 cm³/mol. The Balaban J connectivity index is 1.46. The van der Waals surface area contributed by atoms with Crippen LogP contribution in [0.4, 0.5) is 4.39 Å². The third-order valence-corrected chi connectivity index (χ3v) is 8.10. The number of rotatable bonds is 2. The molecule has 1 N–H and O–H groups in total. The van der Waals surface area contributed by atoms with Gasteiger partial charge in [-0.05, 0) is 103 Å². The molecule has 0 amide bonds. The highest BCUT2D eigenvalue weighted by Crippen LogP contribution is 2.65. The second-order valence-corrected chi connectivity index (χ2v) is 9.25. The molecule has 0 aliphatic heterocycles. The highest BCUT2D eigenvalue weighted by Gasteiger charge is 2.55. The number of fused-ring (bicyclic) bond motifs is 5. The predicted octanol–water partition coefficient (Wildman–Crippen LogP) is 5.56. The molecule has 5 atom stereocenters. The first-order chi connectivity index (χ1) is 13.5. The molecule has 28 heavy (non-hydrogen) atoms. The van der Waals surface area contributed by atoms with Crippen molar-refractivity contribution in [2.45, 2.75) is 57.3 Å². The SMILES string of the molecule is CC12CCC3c4ccc(C(=O)O)cc4CCC3C1CCC2c1cncc(F)c1. The maximum absolute atomic E-state index is 13.8. The summed E-state index contributed by atoms with van der Waals surface area (Å²) in [7, 11) is 0. The molecule has 2 fully saturated rings. The smallest absolute Gasteiger partial charge is 0.335 e. The van der Waals surface area contributed by atoms with E-state index in [9.17, 15) is 14.3 Å². The number of hydrogen-bond donors (Lipinski definition) is 1. The third-order valence-electron chi connectivity index (χ3n) is 8.10. The number of hydrogen-bond acceptors (Lipinski definition) is 2. The number of aryl methyl sites for hydroxylation is 1. The van der Waals surface area contributed by atoms with Gasteiger partial charge in [-0.3, -0.25) is 4.98 Å². The second kappa shape index (κ2) is 6.40. The van der Waals surface area contributed by atoms with Crippen molar-refractivity contribution in [3.05, 3.63) is 64.7 Å². The monoisotopic (exact) mass is 379 g/mol. The molecule has 2 saturated carbocycles. The molecule has 4 heteroatoms. The summed E-state index contributed by atoms with van der Waals surface area (Å²) in [6.45, 7) is 2.42. The summed E-state index contributed by atoms with van der Waals surface area (Å²) in [5.74, 6) is 1.13. The van der Waals surface area contributed by atoms with Crippen LogP contribution in [0.15, 0.2) is 36.7 Å². The number of aromatic nitrogens is 1. The first-order valence-electron chi connectivity index (χ1n) is 10.4. The lowest BCUT2D eigenvalue weighted by Crippen LogP contribution is -2.41. The van der Waals surface area contributed by atoms with Gasteiger partial charge in [0.05, 0.1) is 11.8 Å². The first-order valence-corrected chi connectivity index (χ1v) is 10.4. The number of carboxylic acids is 1. The van der Waals surface area contributed by atoms with Gasteiger partial charge in [-0.25, -0.2) is 9.18 Å². The van der Waals surface area contributed by atoms with E-state index in [-0.39, 0.29) is 11.2 Å². The van der Waals surface area contributed by atoms with Crippen molar-refractivity contribution < 1.29 is 14.3 Å². The Morgan fingerprint density at radius 3 is 2.82 bits per heavy atom. The van der Waals surface area contributed by atoms with E-state index in [1.54, 1.807) is 12.1 Å². The maximum Gasteiger partial charge on any atom is 0.335 e. The molecule has 1 aromatic heterocycles. The Hall–Kier alpha value is -2.23. The zero-order valence-electron chi connectivity index (χ0n) is 16.2. The molecular formula is C24H26FNO2. The van der Waals surface area contributed by atoms with E-state index in [2.05, 4.69) is 18.0 Å². The first kappa shape index (κ1) is 17.8. The van der Waals surface area contributed by atoms with Crippen LogP contribution in [-0.2, 0) is 6.42 Å². The lowest BCUT2D eigenvalue weighted by molar-refractivity contribution is 0.0480. The van der Waals surface area contributed by atoms with Crippen molar-refractivity contribution >= 4 is 5.97 Å². The molecule has 3 aliphatic rings. The van der Waals surface area contributed by atoms with Crippen LogP contribution in [0.1, 0.15) is 77.9 Å². The van der Waals surface area contributed by atoms with Crippen LogP contribution in [0.5, 0.6) is 0 Å². The number of pyridine rings is 1. The molecule has 5 rings (SSSR count). The third kappa shape index (κ3) is 2.61. The van der Waals surface area contributed by atoms with E-state index < -0.39 is 5.97 Å². The Labute approximate surface area is 165 Å². The van der Waals surface area contributed by atoms with Crippen LogP contribution < -0.4 is 0 Å². The minimum atomic E-state index is -0.844. The fraction of sp³-hybridized carbons (Fsp3) is 0.500. The standard InChI is InChI=1S/C24H26FNO2/c1-24-9-8-19-18-4-3-15(23(27)28)10-14(18)2-5-20(19)22(24)7-6-21(24)16-11-17(25)13-26-12-16/h3-4,10-13,19-22H,2,5-9H2,1H3,(H,27,28). The average molecular weight is 379 g/mol. The van der Waals surface area contributed by atoms with Crippen LogP contribution in [0.3, 0.4) is 0 Å². The molecule has 0 bridgehead atoms. The normalized spacial score (nSPS) is 33.6. The van der Waals surface area contributed by atoms with Gasteiger partial charge in [0.25, 0.3) is 0 Å². The molecule has 1 heterocycles. The number of nitrogens with zero attached hydrogens (tertiary/aromatic N) is 1. The zero-order chi connectivity index (χ0) is 19.5. The van der Waals surface area contributed by atoms with E-state index in [0.29, 0.717) is 29.2 Å². The highest BCUT2D eigenvalue weighted by atomic mass is 19.1. The fourth-order valence-electron chi connectivity index (χ4n) is 6.88. The van der Waals surface area contributed by atoms with Crippen molar-refractivity contribution in [1.82, 2.24) is 4.98 Å². The number of aromatic carboxylic acids is 1. The van der Waals surface area contributed by atoms with Gasteiger partial charge >= 0.3 is 5.97 Å².